The van der Waals surface area contributed by atoms with Crippen LogP contribution in [0.2, 0.25) is 0 Å². The van der Waals surface area contributed by atoms with E-state index in [9.17, 15) is 4.79 Å². The van der Waals surface area contributed by atoms with Crippen molar-refractivity contribution in [2.24, 2.45) is 4.99 Å². The summed E-state index contributed by atoms with van der Waals surface area (Å²) in [6.45, 7) is 1.01. The van der Waals surface area contributed by atoms with Crippen LogP contribution in [0, 0.1) is 0 Å². The highest BCUT2D eigenvalue weighted by molar-refractivity contribution is 7.98. The van der Waals surface area contributed by atoms with E-state index >= 15 is 0 Å². The number of carbonyl (C=O) groups is 1. The van der Waals surface area contributed by atoms with Crippen LogP contribution < -0.4 is 14.3 Å². The van der Waals surface area contributed by atoms with E-state index in [0.29, 0.717) is 10.4 Å². The molecule has 1 aromatic heterocycles. The van der Waals surface area contributed by atoms with E-state index in [1.165, 1.54) is 11.3 Å². The molecule has 0 aliphatic carbocycles. The molecule has 146 valence electrons. The average molecular weight is 423 g/mol. The number of carbonyl (C=O) groups excluding carboxylic acids is 1. The van der Waals surface area contributed by atoms with Crippen molar-refractivity contribution in [3.8, 4) is 11.5 Å². The second-order valence-electron chi connectivity index (χ2n) is 6.68. The number of amides is 1. The van der Waals surface area contributed by atoms with Crippen LogP contribution in [-0.2, 0) is 6.54 Å². The molecule has 29 heavy (non-hydrogen) atoms. The molecule has 0 spiro atoms. The third kappa shape index (κ3) is 3.41. The Morgan fingerprint density at radius 1 is 1.10 bits per heavy atom. The molecule has 0 N–H and O–H groups in total. The molecule has 0 unspecified atom stereocenters. The standard InChI is InChI=1S/C22H18N2O3S2/c1-28-9-8-24-17-11-18-19(27-13-26-18)12-20(17)29-22(24)23-21(25)16-7-6-14-4-2-3-5-15(14)10-16/h2-7,10-12H,8-9,13H2,1H3. The Morgan fingerprint density at radius 2 is 1.90 bits per heavy atom. The van der Waals surface area contributed by atoms with Gasteiger partial charge in [0.25, 0.3) is 5.91 Å². The van der Waals surface area contributed by atoms with Crippen molar-refractivity contribution in [3.05, 3.63) is 65.0 Å². The van der Waals surface area contributed by atoms with Gasteiger partial charge in [-0.3, -0.25) is 4.79 Å². The first-order valence-corrected chi connectivity index (χ1v) is 11.4. The van der Waals surface area contributed by atoms with Gasteiger partial charge < -0.3 is 14.0 Å². The number of thioether (sulfide) groups is 1. The largest absolute Gasteiger partial charge is 0.454 e. The molecule has 0 saturated carbocycles. The predicted octanol–water partition coefficient (Wildman–Crippen LogP) is 4.69. The quantitative estimate of drug-likeness (QED) is 0.479. The molecule has 7 heteroatoms. The van der Waals surface area contributed by atoms with Crippen LogP contribution in [0.25, 0.3) is 21.0 Å². The lowest BCUT2D eigenvalue weighted by Gasteiger charge is -2.05. The van der Waals surface area contributed by atoms with Gasteiger partial charge in [0.05, 0.1) is 10.2 Å². The minimum Gasteiger partial charge on any atom is -0.454 e. The van der Waals surface area contributed by atoms with Crippen LogP contribution in [0.1, 0.15) is 10.4 Å². The highest BCUT2D eigenvalue weighted by Gasteiger charge is 2.18. The molecule has 3 aromatic carbocycles. The summed E-state index contributed by atoms with van der Waals surface area (Å²) in [6.07, 6.45) is 2.07. The van der Waals surface area contributed by atoms with Gasteiger partial charge in [0.15, 0.2) is 16.3 Å². The van der Waals surface area contributed by atoms with Crippen molar-refractivity contribution < 1.29 is 14.3 Å². The van der Waals surface area contributed by atoms with Gasteiger partial charge in [-0.2, -0.15) is 16.8 Å². The Balaban J connectivity index is 1.61. The van der Waals surface area contributed by atoms with Crippen LogP contribution in [-0.4, -0.2) is 29.3 Å². The fourth-order valence-electron chi connectivity index (χ4n) is 3.42. The summed E-state index contributed by atoms with van der Waals surface area (Å²) in [4.78, 5) is 18.1. The topological polar surface area (TPSA) is 52.8 Å². The smallest absolute Gasteiger partial charge is 0.279 e. The number of ether oxygens (including phenoxy) is 2. The molecule has 1 aliphatic rings. The zero-order valence-corrected chi connectivity index (χ0v) is 17.4. The van der Waals surface area contributed by atoms with Gasteiger partial charge in [0, 0.05) is 30.0 Å². The van der Waals surface area contributed by atoms with E-state index in [0.717, 1.165) is 44.8 Å². The maximum Gasteiger partial charge on any atom is 0.279 e. The Morgan fingerprint density at radius 3 is 2.72 bits per heavy atom. The molecular weight excluding hydrogens is 404 g/mol. The van der Waals surface area contributed by atoms with Gasteiger partial charge in [-0.1, -0.05) is 41.7 Å². The highest BCUT2D eigenvalue weighted by atomic mass is 32.2. The van der Waals surface area contributed by atoms with Crippen LogP contribution in [0.4, 0.5) is 0 Å². The first kappa shape index (κ1) is 18.3. The van der Waals surface area contributed by atoms with E-state index in [1.54, 1.807) is 11.8 Å². The Labute approximate surface area is 175 Å². The van der Waals surface area contributed by atoms with Gasteiger partial charge in [-0.25, -0.2) is 0 Å². The van der Waals surface area contributed by atoms with Gasteiger partial charge in [0.2, 0.25) is 6.79 Å². The normalized spacial score (nSPS) is 13.5. The molecule has 0 bridgehead atoms. The third-order valence-electron chi connectivity index (χ3n) is 4.89. The van der Waals surface area contributed by atoms with Crippen LogP contribution >= 0.6 is 23.1 Å². The number of hydrogen-bond acceptors (Lipinski definition) is 5. The number of aryl methyl sites for hydroxylation is 1. The van der Waals surface area contributed by atoms with Gasteiger partial charge in [-0.05, 0) is 29.2 Å². The van der Waals surface area contributed by atoms with Gasteiger partial charge >= 0.3 is 0 Å². The second-order valence-corrected chi connectivity index (χ2v) is 8.68. The van der Waals surface area contributed by atoms with E-state index in [-0.39, 0.29) is 12.7 Å². The summed E-state index contributed by atoms with van der Waals surface area (Å²) in [7, 11) is 0. The molecular formula is C22H18N2O3S2. The number of benzene rings is 3. The Kier molecular flexibility index (Phi) is 4.77. The van der Waals surface area contributed by atoms with Crippen LogP contribution in [0.15, 0.2) is 59.6 Å². The molecule has 0 fully saturated rings. The maximum atomic E-state index is 12.9. The molecule has 0 saturated heterocycles. The number of fused-ring (bicyclic) bond motifs is 3. The minimum atomic E-state index is -0.236. The van der Waals surface area contributed by atoms with Crippen LogP contribution in [0.5, 0.6) is 11.5 Å². The fraction of sp³-hybridized carbons (Fsp3) is 0.182. The van der Waals surface area contributed by atoms with Crippen molar-refractivity contribution in [2.75, 3.05) is 18.8 Å². The summed E-state index contributed by atoms with van der Waals surface area (Å²) in [5.41, 5.74) is 1.60. The van der Waals surface area contributed by atoms with Gasteiger partial charge in [0.1, 0.15) is 0 Å². The first-order valence-electron chi connectivity index (χ1n) is 9.23. The Hall–Kier alpha value is -2.77. The number of thiazole rings is 1. The number of hydrogen-bond donors (Lipinski definition) is 0. The zero-order valence-electron chi connectivity index (χ0n) is 15.8. The van der Waals surface area contributed by atoms with Crippen molar-refractivity contribution in [1.29, 1.82) is 0 Å². The molecule has 2 heterocycles. The lowest BCUT2D eigenvalue weighted by molar-refractivity contribution is 0.0998. The summed E-state index contributed by atoms with van der Waals surface area (Å²) in [6, 6.07) is 17.7. The fourth-order valence-corrected chi connectivity index (χ4v) is 4.85. The highest BCUT2D eigenvalue weighted by Crippen LogP contribution is 2.37. The molecule has 1 aliphatic heterocycles. The van der Waals surface area contributed by atoms with Gasteiger partial charge in [-0.15, -0.1) is 0 Å². The summed E-state index contributed by atoms with van der Waals surface area (Å²) in [5.74, 6) is 2.17. The molecule has 5 rings (SSSR count). The SMILES string of the molecule is CSCCn1c(=NC(=O)c2ccc3ccccc3c2)sc2cc3c(cc21)OCO3. The maximum absolute atomic E-state index is 12.9. The third-order valence-corrected chi connectivity index (χ3v) is 6.52. The number of aromatic nitrogens is 1. The van der Waals surface area contributed by atoms with Crippen molar-refractivity contribution in [2.45, 2.75) is 6.54 Å². The van der Waals surface area contributed by atoms with E-state index in [4.69, 9.17) is 9.47 Å². The minimum absolute atomic E-state index is 0.236. The van der Waals surface area contributed by atoms with E-state index in [2.05, 4.69) is 15.8 Å². The molecule has 4 aromatic rings. The van der Waals surface area contributed by atoms with Crippen LogP contribution in [0.3, 0.4) is 0 Å². The van der Waals surface area contributed by atoms with E-state index in [1.807, 2.05) is 54.6 Å². The molecule has 0 atom stereocenters. The lowest BCUT2D eigenvalue weighted by Crippen LogP contribution is -2.18. The molecule has 5 nitrogen and oxygen atoms in total. The predicted molar refractivity (Wildman–Crippen MR) is 118 cm³/mol. The zero-order chi connectivity index (χ0) is 19.8. The summed E-state index contributed by atoms with van der Waals surface area (Å²) in [5, 5.41) is 2.14. The average Bonchev–Trinajstić information content (AvgIpc) is 3.33. The molecule has 1 amide bonds. The Bertz CT molecular complexity index is 1310. The monoisotopic (exact) mass is 422 g/mol. The lowest BCUT2D eigenvalue weighted by atomic mass is 10.1. The summed E-state index contributed by atoms with van der Waals surface area (Å²) >= 11 is 3.26. The summed E-state index contributed by atoms with van der Waals surface area (Å²) < 4.78 is 14.2. The first-order chi connectivity index (χ1) is 14.2. The van der Waals surface area contributed by atoms with Crippen molar-refractivity contribution >= 4 is 50.0 Å². The van der Waals surface area contributed by atoms with E-state index < -0.39 is 0 Å². The number of rotatable bonds is 4. The second kappa shape index (κ2) is 7.57. The number of nitrogens with zero attached hydrogens (tertiary/aromatic N) is 2. The van der Waals surface area contributed by atoms with Crippen molar-refractivity contribution in [3.63, 3.8) is 0 Å². The molecule has 0 radical (unpaired) electrons. The van der Waals surface area contributed by atoms with Crippen molar-refractivity contribution in [1.82, 2.24) is 4.57 Å².